The highest BCUT2D eigenvalue weighted by molar-refractivity contribution is 5.79. The molecule has 1 rings (SSSR count). The Labute approximate surface area is 145 Å². The maximum absolute atomic E-state index is 5.35. The first kappa shape index (κ1) is 20.1. The maximum Gasteiger partial charge on any atom is 0.193 e. The second-order valence-electron chi connectivity index (χ2n) is 5.39. The van der Waals surface area contributed by atoms with Gasteiger partial charge in [-0.25, -0.2) is 0 Å². The normalized spacial score (nSPS) is 11.3. The quantitative estimate of drug-likeness (QED) is 0.403. The zero-order valence-corrected chi connectivity index (χ0v) is 15.6. The Hall–Kier alpha value is -1.95. The van der Waals surface area contributed by atoms with Gasteiger partial charge in [0.1, 0.15) is 0 Å². The lowest BCUT2D eigenvalue weighted by Crippen LogP contribution is -2.40. The van der Waals surface area contributed by atoms with Crippen LogP contribution in [0.5, 0.6) is 11.5 Å². The second kappa shape index (κ2) is 11.6. The number of hydrogen-bond acceptors (Lipinski definition) is 4. The molecule has 6 heteroatoms. The summed E-state index contributed by atoms with van der Waals surface area (Å²) in [4.78, 5) is 6.45. The van der Waals surface area contributed by atoms with Gasteiger partial charge in [0, 0.05) is 40.4 Å². The minimum atomic E-state index is 0.751. The monoisotopic (exact) mass is 337 g/mol. The van der Waals surface area contributed by atoms with Crippen molar-refractivity contribution in [1.29, 1.82) is 0 Å². The summed E-state index contributed by atoms with van der Waals surface area (Å²) in [5, 5.41) is 3.36. The fourth-order valence-corrected chi connectivity index (χ4v) is 2.34. The van der Waals surface area contributed by atoms with Crippen LogP contribution in [-0.4, -0.2) is 65.5 Å². The summed E-state index contributed by atoms with van der Waals surface area (Å²) in [5.41, 5.74) is 1.20. The van der Waals surface area contributed by atoms with E-state index in [1.54, 1.807) is 21.3 Å². The molecule has 0 heterocycles. The topological polar surface area (TPSA) is 55.3 Å². The fourth-order valence-electron chi connectivity index (χ4n) is 2.34. The summed E-state index contributed by atoms with van der Waals surface area (Å²) in [6.07, 6.45) is 1.87. The van der Waals surface area contributed by atoms with Gasteiger partial charge in [0.25, 0.3) is 0 Å². The maximum atomic E-state index is 5.35. The third-order valence-corrected chi connectivity index (χ3v) is 3.71. The van der Waals surface area contributed by atoms with Crippen LogP contribution in [0.1, 0.15) is 18.9 Å². The molecule has 0 aliphatic rings. The van der Waals surface area contributed by atoms with E-state index in [2.05, 4.69) is 21.3 Å². The van der Waals surface area contributed by atoms with Gasteiger partial charge in [0.05, 0.1) is 14.2 Å². The molecule has 0 spiro atoms. The van der Waals surface area contributed by atoms with Crippen molar-refractivity contribution >= 4 is 5.96 Å². The van der Waals surface area contributed by atoms with Gasteiger partial charge in [-0.2, -0.15) is 0 Å². The summed E-state index contributed by atoms with van der Waals surface area (Å²) < 4.78 is 16.0. The summed E-state index contributed by atoms with van der Waals surface area (Å²) in [6, 6.07) is 6.02. The van der Waals surface area contributed by atoms with Crippen molar-refractivity contribution in [2.45, 2.75) is 19.8 Å². The predicted molar refractivity (Wildman–Crippen MR) is 98.4 cm³/mol. The molecule has 1 aromatic carbocycles. The highest BCUT2D eigenvalue weighted by Crippen LogP contribution is 2.27. The molecule has 1 aromatic rings. The molecule has 1 N–H and O–H groups in total. The zero-order valence-electron chi connectivity index (χ0n) is 15.6. The molecule has 6 nitrogen and oxygen atoms in total. The molecule has 0 saturated carbocycles. The Kier molecular flexibility index (Phi) is 9.68. The molecular weight excluding hydrogens is 306 g/mol. The molecule has 0 radical (unpaired) electrons. The van der Waals surface area contributed by atoms with Crippen LogP contribution in [0, 0.1) is 0 Å². The van der Waals surface area contributed by atoms with Crippen molar-refractivity contribution in [2.75, 3.05) is 54.6 Å². The molecule has 0 aliphatic carbocycles. The lowest BCUT2D eigenvalue weighted by atomic mass is 10.1. The Morgan fingerprint density at radius 2 is 1.96 bits per heavy atom. The van der Waals surface area contributed by atoms with Gasteiger partial charge in [0.2, 0.25) is 0 Å². The van der Waals surface area contributed by atoms with Gasteiger partial charge in [0.15, 0.2) is 17.5 Å². The average molecular weight is 337 g/mol. The van der Waals surface area contributed by atoms with Gasteiger partial charge in [-0.3, -0.25) is 4.99 Å². The fraction of sp³-hybridized carbons (Fsp3) is 0.611. The first-order valence-electron chi connectivity index (χ1n) is 8.36. The lowest BCUT2D eigenvalue weighted by Gasteiger charge is -2.22. The molecule has 0 bridgehead atoms. The molecule has 0 aromatic heterocycles. The van der Waals surface area contributed by atoms with Crippen molar-refractivity contribution in [3.05, 3.63) is 23.8 Å². The van der Waals surface area contributed by atoms with Crippen LogP contribution in [0.2, 0.25) is 0 Å². The summed E-state index contributed by atoms with van der Waals surface area (Å²) >= 11 is 0. The number of ether oxygens (including phenoxy) is 3. The number of methoxy groups -OCH3 is 2. The molecule has 0 amide bonds. The third kappa shape index (κ3) is 6.66. The highest BCUT2D eigenvalue weighted by Gasteiger charge is 2.08. The van der Waals surface area contributed by atoms with Crippen LogP contribution >= 0.6 is 0 Å². The Morgan fingerprint density at radius 3 is 2.58 bits per heavy atom. The molecule has 0 aliphatic heterocycles. The number of aliphatic imine (C=N–C) groups is 1. The standard InChI is InChI=1S/C18H31N3O3/c1-6-24-13-7-11-20-18(19-2)21(3)12-10-15-8-9-16(22-4)17(14-15)23-5/h8-9,14H,6-7,10-13H2,1-5H3,(H,19,20). The van der Waals surface area contributed by atoms with Crippen molar-refractivity contribution in [3.8, 4) is 11.5 Å². The number of benzene rings is 1. The summed E-state index contributed by atoms with van der Waals surface area (Å²) in [7, 11) is 7.14. The largest absolute Gasteiger partial charge is 0.493 e. The number of nitrogens with one attached hydrogen (secondary N) is 1. The van der Waals surface area contributed by atoms with E-state index in [-0.39, 0.29) is 0 Å². The first-order valence-corrected chi connectivity index (χ1v) is 8.36. The number of guanidine groups is 1. The van der Waals surface area contributed by atoms with Crippen LogP contribution in [0.4, 0.5) is 0 Å². The Balaban J connectivity index is 2.47. The molecule has 24 heavy (non-hydrogen) atoms. The minimum absolute atomic E-state index is 0.751. The van der Waals surface area contributed by atoms with Gasteiger partial charge < -0.3 is 24.4 Å². The molecule has 0 fully saturated rings. The Morgan fingerprint density at radius 1 is 1.21 bits per heavy atom. The molecule has 136 valence electrons. The van der Waals surface area contributed by atoms with E-state index in [1.807, 2.05) is 26.1 Å². The zero-order chi connectivity index (χ0) is 17.8. The molecule has 0 unspecified atom stereocenters. The van der Waals surface area contributed by atoms with E-state index in [0.717, 1.165) is 56.6 Å². The van der Waals surface area contributed by atoms with E-state index < -0.39 is 0 Å². The first-order chi connectivity index (χ1) is 11.7. The number of rotatable bonds is 10. The van der Waals surface area contributed by atoms with E-state index in [9.17, 15) is 0 Å². The average Bonchev–Trinajstić information content (AvgIpc) is 2.62. The summed E-state index contributed by atoms with van der Waals surface area (Å²) in [6.45, 7) is 5.26. The van der Waals surface area contributed by atoms with Crippen molar-refractivity contribution in [3.63, 3.8) is 0 Å². The van der Waals surface area contributed by atoms with E-state index in [1.165, 1.54) is 5.56 Å². The van der Waals surface area contributed by atoms with Crippen LogP contribution < -0.4 is 14.8 Å². The third-order valence-electron chi connectivity index (χ3n) is 3.71. The SMILES string of the molecule is CCOCCCNC(=NC)N(C)CCc1ccc(OC)c(OC)c1. The van der Waals surface area contributed by atoms with Gasteiger partial charge >= 0.3 is 0 Å². The second-order valence-corrected chi connectivity index (χ2v) is 5.39. The number of likely N-dealkylation sites (N-methyl/N-ethyl adjacent to an activating group) is 1. The van der Waals surface area contributed by atoms with Crippen molar-refractivity contribution in [1.82, 2.24) is 10.2 Å². The van der Waals surface area contributed by atoms with Gasteiger partial charge in [-0.15, -0.1) is 0 Å². The predicted octanol–water partition coefficient (Wildman–Crippen LogP) is 2.18. The van der Waals surface area contributed by atoms with Crippen LogP contribution in [-0.2, 0) is 11.2 Å². The van der Waals surface area contributed by atoms with E-state index >= 15 is 0 Å². The van der Waals surface area contributed by atoms with Crippen molar-refractivity contribution < 1.29 is 14.2 Å². The van der Waals surface area contributed by atoms with Crippen LogP contribution in [0.3, 0.4) is 0 Å². The molecular formula is C18H31N3O3. The van der Waals surface area contributed by atoms with Crippen LogP contribution in [0.15, 0.2) is 23.2 Å². The number of nitrogens with zero attached hydrogens (tertiary/aromatic N) is 2. The summed E-state index contributed by atoms with van der Waals surface area (Å²) in [5.74, 6) is 2.41. The van der Waals surface area contributed by atoms with Crippen molar-refractivity contribution in [2.24, 2.45) is 4.99 Å². The lowest BCUT2D eigenvalue weighted by molar-refractivity contribution is 0.145. The number of hydrogen-bond donors (Lipinski definition) is 1. The van der Waals surface area contributed by atoms with Gasteiger partial charge in [-0.1, -0.05) is 6.07 Å². The smallest absolute Gasteiger partial charge is 0.193 e. The highest BCUT2D eigenvalue weighted by atomic mass is 16.5. The minimum Gasteiger partial charge on any atom is -0.493 e. The van der Waals surface area contributed by atoms with E-state index in [4.69, 9.17) is 14.2 Å². The van der Waals surface area contributed by atoms with Gasteiger partial charge in [-0.05, 0) is 37.5 Å². The molecule has 0 saturated heterocycles. The molecule has 0 atom stereocenters. The van der Waals surface area contributed by atoms with Crippen LogP contribution in [0.25, 0.3) is 0 Å². The Bertz CT molecular complexity index is 506. The van der Waals surface area contributed by atoms with E-state index in [0.29, 0.717) is 0 Å².